The van der Waals surface area contributed by atoms with E-state index in [2.05, 4.69) is 20.5 Å². The fourth-order valence-electron chi connectivity index (χ4n) is 3.32. The second-order valence-corrected chi connectivity index (χ2v) is 7.82. The van der Waals surface area contributed by atoms with Crippen LogP contribution < -0.4 is 0 Å². The van der Waals surface area contributed by atoms with Gasteiger partial charge in [0.15, 0.2) is 23.0 Å². The predicted octanol–water partition coefficient (Wildman–Crippen LogP) is 6.40. The fraction of sp³-hybridized carbons (Fsp3) is 0. The Bertz CT molecular complexity index is 1510. The monoisotopic (exact) mass is 514 g/mol. The van der Waals surface area contributed by atoms with Crippen LogP contribution in [-0.4, -0.2) is 42.6 Å². The molecule has 38 heavy (non-hydrogen) atoms. The average molecular weight is 514 g/mol. The maximum absolute atomic E-state index is 11.9. The van der Waals surface area contributed by atoms with Gasteiger partial charge in [-0.25, -0.2) is 9.59 Å². The van der Waals surface area contributed by atoms with Crippen LogP contribution in [0.15, 0.2) is 93.3 Å². The number of hydrogen-bond acceptors (Lipinski definition) is 10. The molecule has 0 unspecified atom stereocenters. The molecule has 0 aliphatic heterocycles. The number of carboxylic acids is 2. The molecule has 0 fully saturated rings. The Morgan fingerprint density at radius 3 is 1.21 bits per heavy atom. The van der Waals surface area contributed by atoms with Crippen LogP contribution in [0.4, 0.5) is 22.7 Å². The van der Waals surface area contributed by atoms with E-state index in [1.165, 1.54) is 60.7 Å². The van der Waals surface area contributed by atoms with Crippen molar-refractivity contribution in [1.82, 2.24) is 0 Å². The number of carbonyl (C=O) groups is 2. The lowest BCUT2D eigenvalue weighted by Gasteiger charge is -2.08. The molecule has 0 saturated heterocycles. The summed E-state index contributed by atoms with van der Waals surface area (Å²) >= 11 is 0. The Morgan fingerprint density at radius 2 is 0.868 bits per heavy atom. The van der Waals surface area contributed by atoms with Crippen LogP contribution in [-0.2, 0) is 0 Å². The van der Waals surface area contributed by atoms with E-state index in [1.807, 2.05) is 0 Å². The molecule has 6 N–H and O–H groups in total. The Hall–Kier alpha value is -5.78. The largest absolute Gasteiger partial charge is 0.504 e. The number of benzene rings is 4. The van der Waals surface area contributed by atoms with Gasteiger partial charge in [-0.05, 0) is 59.7 Å². The molecule has 0 spiro atoms. The van der Waals surface area contributed by atoms with E-state index in [1.54, 1.807) is 0 Å². The zero-order chi connectivity index (χ0) is 27.4. The van der Waals surface area contributed by atoms with Crippen LogP contribution in [0.25, 0.3) is 11.1 Å². The fourth-order valence-corrected chi connectivity index (χ4v) is 3.32. The number of aromatic carboxylic acids is 2. The highest BCUT2D eigenvalue weighted by Crippen LogP contribution is 2.34. The van der Waals surface area contributed by atoms with Crippen LogP contribution in [0.3, 0.4) is 0 Å². The van der Waals surface area contributed by atoms with Gasteiger partial charge in [-0.3, -0.25) is 0 Å². The molecule has 0 bridgehead atoms. The van der Waals surface area contributed by atoms with E-state index in [0.29, 0.717) is 11.1 Å². The molecule has 0 radical (unpaired) electrons. The third-order valence-corrected chi connectivity index (χ3v) is 5.25. The third-order valence-electron chi connectivity index (χ3n) is 5.25. The van der Waals surface area contributed by atoms with Gasteiger partial charge in [0.2, 0.25) is 0 Å². The van der Waals surface area contributed by atoms with Crippen LogP contribution in [0, 0.1) is 0 Å². The predicted molar refractivity (Wildman–Crippen MR) is 134 cm³/mol. The van der Waals surface area contributed by atoms with Gasteiger partial charge in [0.05, 0.1) is 22.5 Å². The smallest absolute Gasteiger partial charge is 0.337 e. The highest BCUT2D eigenvalue weighted by atomic mass is 16.4. The molecule has 12 heteroatoms. The summed E-state index contributed by atoms with van der Waals surface area (Å²) in [7, 11) is 0. The van der Waals surface area contributed by atoms with Crippen molar-refractivity contribution in [1.29, 1.82) is 0 Å². The Labute approximate surface area is 213 Å². The number of azo groups is 2. The number of phenols is 4. The van der Waals surface area contributed by atoms with Crippen LogP contribution in [0.1, 0.15) is 20.7 Å². The number of aromatic hydroxyl groups is 4. The minimum absolute atomic E-state index is 0.00911. The Balaban J connectivity index is 1.67. The highest BCUT2D eigenvalue weighted by molar-refractivity contribution is 5.97. The maximum atomic E-state index is 11.9. The lowest BCUT2D eigenvalue weighted by molar-refractivity contribution is 0.0686. The van der Waals surface area contributed by atoms with Gasteiger partial charge in [-0.2, -0.15) is 10.2 Å². The molecule has 12 nitrogen and oxygen atoms in total. The minimum atomic E-state index is -1.30. The lowest BCUT2D eigenvalue weighted by Crippen LogP contribution is -1.99. The first kappa shape index (κ1) is 25.3. The number of rotatable bonds is 7. The first-order chi connectivity index (χ1) is 18.1. The van der Waals surface area contributed by atoms with Crippen LogP contribution in [0.2, 0.25) is 0 Å². The summed E-state index contributed by atoms with van der Waals surface area (Å²) in [6.45, 7) is 0. The number of carboxylic acid groups (broad SMARTS) is 2. The van der Waals surface area contributed by atoms with Gasteiger partial charge in [0.25, 0.3) is 0 Å². The van der Waals surface area contributed by atoms with Gasteiger partial charge in [0, 0.05) is 12.1 Å². The molecule has 0 aromatic heterocycles. The second-order valence-electron chi connectivity index (χ2n) is 7.82. The summed E-state index contributed by atoms with van der Waals surface area (Å²) in [6, 6.07) is 16.0. The van der Waals surface area contributed by atoms with E-state index >= 15 is 0 Å². The summed E-state index contributed by atoms with van der Waals surface area (Å²) in [5.41, 5.74) is 0.739. The van der Waals surface area contributed by atoms with Crippen molar-refractivity contribution in [2.24, 2.45) is 20.5 Å². The van der Waals surface area contributed by atoms with Crippen molar-refractivity contribution in [3.05, 3.63) is 83.9 Å². The molecule has 0 atom stereocenters. The van der Waals surface area contributed by atoms with Crippen molar-refractivity contribution in [2.45, 2.75) is 0 Å². The van der Waals surface area contributed by atoms with Crippen LogP contribution >= 0.6 is 0 Å². The summed E-state index contributed by atoms with van der Waals surface area (Å²) in [4.78, 5) is 23.8. The van der Waals surface area contributed by atoms with Crippen LogP contribution in [0.5, 0.6) is 23.0 Å². The SMILES string of the molecule is O=C(O)c1cc(-c2ccc(N=Nc3ccc(O)c(O)c3)c(C(=O)O)c2)ccc1N=Nc1ccc(O)c(O)c1. The van der Waals surface area contributed by atoms with Gasteiger partial charge < -0.3 is 30.6 Å². The van der Waals surface area contributed by atoms with Gasteiger partial charge in [-0.1, -0.05) is 12.1 Å². The maximum Gasteiger partial charge on any atom is 0.337 e. The van der Waals surface area contributed by atoms with E-state index in [4.69, 9.17) is 0 Å². The second kappa shape index (κ2) is 10.5. The molecule has 4 aromatic rings. The highest BCUT2D eigenvalue weighted by Gasteiger charge is 2.16. The molecule has 0 aliphatic rings. The molecule has 4 rings (SSSR count). The van der Waals surface area contributed by atoms with Crippen molar-refractivity contribution >= 4 is 34.7 Å². The normalized spacial score (nSPS) is 11.3. The Kier molecular flexibility index (Phi) is 6.97. The zero-order valence-electron chi connectivity index (χ0n) is 19.2. The molecular weight excluding hydrogens is 496 g/mol. The molecule has 190 valence electrons. The van der Waals surface area contributed by atoms with E-state index in [9.17, 15) is 40.2 Å². The summed E-state index contributed by atoms with van der Waals surface area (Å²) in [5, 5.41) is 72.9. The molecule has 0 saturated carbocycles. The number of phenolic OH excluding ortho intramolecular Hbond substituents is 4. The van der Waals surface area contributed by atoms with Crippen molar-refractivity contribution in [2.75, 3.05) is 0 Å². The zero-order valence-corrected chi connectivity index (χ0v) is 19.2. The van der Waals surface area contributed by atoms with Gasteiger partial charge >= 0.3 is 11.9 Å². The van der Waals surface area contributed by atoms with Crippen molar-refractivity contribution in [3.8, 4) is 34.1 Å². The Morgan fingerprint density at radius 1 is 0.474 bits per heavy atom. The molecular formula is C26H18N4O8. The topological polar surface area (TPSA) is 205 Å². The first-order valence-corrected chi connectivity index (χ1v) is 10.7. The molecule has 4 aromatic carbocycles. The van der Waals surface area contributed by atoms with E-state index in [0.717, 1.165) is 12.1 Å². The summed E-state index contributed by atoms with van der Waals surface area (Å²) < 4.78 is 0. The molecule has 0 heterocycles. The molecule has 0 aliphatic carbocycles. The van der Waals surface area contributed by atoms with Gasteiger partial charge in [-0.15, -0.1) is 10.2 Å². The average Bonchev–Trinajstić information content (AvgIpc) is 2.89. The number of nitrogens with zero attached hydrogens (tertiary/aromatic N) is 4. The first-order valence-electron chi connectivity index (χ1n) is 10.7. The van der Waals surface area contributed by atoms with Gasteiger partial charge in [0.1, 0.15) is 11.4 Å². The number of hydrogen-bond donors (Lipinski definition) is 6. The quantitative estimate of drug-likeness (QED) is 0.120. The van der Waals surface area contributed by atoms with E-state index < -0.39 is 23.4 Å². The van der Waals surface area contributed by atoms with Crippen molar-refractivity contribution in [3.63, 3.8) is 0 Å². The minimum Gasteiger partial charge on any atom is -0.504 e. The third kappa shape index (κ3) is 5.54. The summed E-state index contributed by atoms with van der Waals surface area (Å²) in [6.07, 6.45) is 0. The van der Waals surface area contributed by atoms with Crippen molar-refractivity contribution < 1.29 is 40.2 Å². The molecule has 0 amide bonds. The lowest BCUT2D eigenvalue weighted by atomic mass is 9.99. The summed E-state index contributed by atoms with van der Waals surface area (Å²) in [5.74, 6) is -4.09. The van der Waals surface area contributed by atoms with E-state index in [-0.39, 0.29) is 45.4 Å². The standard InChI is InChI=1S/C26H18N4O8/c31-21-7-3-15(11-23(21)33)27-29-19-5-1-13(9-17(19)25(35)36)14-2-6-20(18(10-14)26(37)38)30-28-16-4-8-22(32)24(34)12-16/h1-12,31-34H,(H,35,36)(H,37,38).